The number of aliphatic carboxylic acids is 4. The van der Waals surface area contributed by atoms with Crippen molar-refractivity contribution in [1.82, 2.24) is 0 Å². The zero-order chi connectivity index (χ0) is 36.8. The van der Waals surface area contributed by atoms with E-state index in [9.17, 15) is 29.4 Å². The first-order valence-corrected chi connectivity index (χ1v) is 16.5. The largest absolute Gasteiger partial charge is 0.544 e. The molecule has 2 aliphatic rings. The highest BCUT2D eigenvalue weighted by Crippen LogP contribution is 2.26. The molecule has 0 saturated carbocycles. The molecule has 2 heterocycles. The normalized spacial score (nSPS) is 17.4. The SMILES string of the molecule is COc1ccc2cc([C@H](C)C(=O)O)ccc2c1.COc1ccc2cc([C@H](C)C(=O)O)ccc2c1.O=C([O-])[C@@H]1CCC[NH2+]1.O=C([O-])[C@H]1CCC[NH2+]1. The number of nitrogens with two attached hydrogens (primary N) is 2. The van der Waals surface area contributed by atoms with Gasteiger partial charge in [0.05, 0.1) is 51.1 Å². The summed E-state index contributed by atoms with van der Waals surface area (Å²) in [6, 6.07) is 22.3. The molecule has 4 aromatic carbocycles. The van der Waals surface area contributed by atoms with Crippen molar-refractivity contribution < 1.29 is 59.7 Å². The van der Waals surface area contributed by atoms with Crippen LogP contribution in [-0.2, 0) is 19.2 Å². The lowest BCUT2D eigenvalue weighted by Crippen LogP contribution is -2.89. The van der Waals surface area contributed by atoms with Gasteiger partial charge in [-0.3, -0.25) is 9.59 Å². The van der Waals surface area contributed by atoms with Gasteiger partial charge in [-0.2, -0.15) is 0 Å². The lowest BCUT2D eigenvalue weighted by molar-refractivity contribution is -0.664. The molecule has 0 unspecified atom stereocenters. The van der Waals surface area contributed by atoms with Crippen molar-refractivity contribution in [3.8, 4) is 11.5 Å². The number of rotatable bonds is 8. The molecule has 2 saturated heterocycles. The van der Waals surface area contributed by atoms with E-state index >= 15 is 0 Å². The summed E-state index contributed by atoms with van der Waals surface area (Å²) >= 11 is 0. The van der Waals surface area contributed by atoms with Crippen LogP contribution in [0.3, 0.4) is 0 Å². The van der Waals surface area contributed by atoms with Crippen LogP contribution in [0.4, 0.5) is 0 Å². The first-order chi connectivity index (χ1) is 23.8. The molecule has 12 heteroatoms. The maximum absolute atomic E-state index is 10.9. The zero-order valence-corrected chi connectivity index (χ0v) is 28.8. The lowest BCUT2D eigenvalue weighted by Gasteiger charge is -2.08. The highest BCUT2D eigenvalue weighted by molar-refractivity contribution is 5.87. The molecule has 0 spiro atoms. The molecule has 6 N–H and O–H groups in total. The summed E-state index contributed by atoms with van der Waals surface area (Å²) in [7, 11) is 3.25. The number of benzene rings is 4. The van der Waals surface area contributed by atoms with Crippen molar-refractivity contribution in [2.45, 2.75) is 63.5 Å². The third-order valence-electron chi connectivity index (χ3n) is 8.83. The summed E-state index contributed by atoms with van der Waals surface area (Å²) < 4.78 is 10.3. The average Bonchev–Trinajstić information content (AvgIpc) is 3.87. The van der Waals surface area contributed by atoms with Gasteiger partial charge in [0.25, 0.3) is 0 Å². The van der Waals surface area contributed by atoms with Crippen molar-refractivity contribution in [1.29, 1.82) is 0 Å². The molecule has 50 heavy (non-hydrogen) atoms. The highest BCUT2D eigenvalue weighted by Gasteiger charge is 2.19. The fraction of sp³-hybridized carbons (Fsp3) is 0.368. The molecular weight excluding hydrogens is 644 g/mol. The van der Waals surface area contributed by atoms with Crippen molar-refractivity contribution in [2.24, 2.45) is 0 Å². The van der Waals surface area contributed by atoms with E-state index < -0.39 is 35.7 Å². The summed E-state index contributed by atoms with van der Waals surface area (Å²) in [5.74, 6) is -2.81. The van der Waals surface area contributed by atoms with Gasteiger partial charge in [0.1, 0.15) is 23.6 Å². The van der Waals surface area contributed by atoms with Gasteiger partial charge in [0, 0.05) is 25.7 Å². The fourth-order valence-electron chi connectivity index (χ4n) is 5.54. The van der Waals surface area contributed by atoms with Crippen molar-refractivity contribution in [3.05, 3.63) is 83.9 Å². The molecule has 268 valence electrons. The predicted molar refractivity (Wildman–Crippen MR) is 183 cm³/mol. The summed E-state index contributed by atoms with van der Waals surface area (Å²) in [4.78, 5) is 42.0. The van der Waals surface area contributed by atoms with Gasteiger partial charge in [0.2, 0.25) is 0 Å². The Morgan fingerprint density at radius 2 is 0.960 bits per heavy atom. The van der Waals surface area contributed by atoms with Crippen LogP contribution in [0.1, 0.15) is 62.5 Å². The summed E-state index contributed by atoms with van der Waals surface area (Å²) in [6.45, 7) is 5.26. The first kappa shape index (κ1) is 39.2. The van der Waals surface area contributed by atoms with Gasteiger partial charge in [-0.1, -0.05) is 48.5 Å². The van der Waals surface area contributed by atoms with Crippen LogP contribution in [0.2, 0.25) is 0 Å². The molecule has 2 aliphatic heterocycles. The number of carboxylic acid groups (broad SMARTS) is 4. The lowest BCUT2D eigenvalue weighted by atomic mass is 9.98. The Balaban J connectivity index is 0.000000191. The van der Waals surface area contributed by atoms with Crippen molar-refractivity contribution in [3.63, 3.8) is 0 Å². The molecule has 4 aromatic rings. The van der Waals surface area contributed by atoms with E-state index in [1.165, 1.54) is 0 Å². The van der Waals surface area contributed by atoms with Crippen LogP contribution < -0.4 is 30.3 Å². The molecule has 12 nitrogen and oxygen atoms in total. The molecule has 0 radical (unpaired) electrons. The number of carbonyl (C=O) groups is 4. The summed E-state index contributed by atoms with van der Waals surface area (Å²) in [5.41, 5.74) is 1.63. The third kappa shape index (κ3) is 11.5. The number of hydrogen-bond acceptors (Lipinski definition) is 8. The van der Waals surface area contributed by atoms with E-state index in [4.69, 9.17) is 19.7 Å². The standard InChI is InChI=1S/2C14H14O3.2C5H9NO2/c2*1-9(14(15)16)10-3-4-12-8-13(17-2)6-5-11(12)7-10;2*7-5(8)4-2-1-3-6-4/h2*3-9H,1-2H3,(H,15,16);2*4,6H,1-3H2,(H,7,8)/t2*9-;2*4-/m0010/s1. The maximum Gasteiger partial charge on any atom is 0.310 e. The number of hydrogen-bond donors (Lipinski definition) is 4. The van der Waals surface area contributed by atoms with Crippen LogP contribution >= 0.6 is 0 Å². The van der Waals surface area contributed by atoms with E-state index in [1.54, 1.807) is 28.1 Å². The minimum atomic E-state index is -0.914. The van der Waals surface area contributed by atoms with E-state index in [2.05, 4.69) is 0 Å². The van der Waals surface area contributed by atoms with Crippen LogP contribution in [0, 0.1) is 0 Å². The van der Waals surface area contributed by atoms with Gasteiger partial charge in [0.15, 0.2) is 0 Å². The minimum Gasteiger partial charge on any atom is -0.544 e. The first-order valence-electron chi connectivity index (χ1n) is 16.5. The zero-order valence-electron chi connectivity index (χ0n) is 28.8. The maximum atomic E-state index is 10.9. The van der Waals surface area contributed by atoms with Crippen LogP contribution in [0.15, 0.2) is 72.8 Å². The summed E-state index contributed by atoms with van der Waals surface area (Å²) in [6.07, 6.45) is 3.59. The van der Waals surface area contributed by atoms with Crippen LogP contribution in [-0.4, -0.2) is 73.5 Å². The van der Waals surface area contributed by atoms with Gasteiger partial charge in [-0.25, -0.2) is 0 Å². The van der Waals surface area contributed by atoms with Crippen molar-refractivity contribution >= 4 is 45.4 Å². The second-order valence-electron chi connectivity index (χ2n) is 12.2. The number of carboxylic acids is 4. The Morgan fingerprint density at radius 3 is 1.22 bits per heavy atom. The van der Waals surface area contributed by atoms with Crippen LogP contribution in [0.5, 0.6) is 11.5 Å². The molecule has 0 aromatic heterocycles. The number of ether oxygens (including phenoxy) is 2. The number of fused-ring (bicyclic) bond motifs is 2. The number of methoxy groups -OCH3 is 2. The molecule has 0 aliphatic carbocycles. The second kappa shape index (κ2) is 19.1. The molecular formula is C38H46N2O10. The van der Waals surface area contributed by atoms with Crippen molar-refractivity contribution in [2.75, 3.05) is 27.3 Å². The smallest absolute Gasteiger partial charge is 0.310 e. The highest BCUT2D eigenvalue weighted by atomic mass is 16.5. The fourth-order valence-corrected chi connectivity index (χ4v) is 5.54. The van der Waals surface area contributed by atoms with Gasteiger partial charge >= 0.3 is 11.9 Å². The average molecular weight is 691 g/mol. The topological polar surface area (TPSA) is 207 Å². The second-order valence-corrected chi connectivity index (χ2v) is 12.2. The molecule has 0 amide bonds. The van der Waals surface area contributed by atoms with Crippen LogP contribution in [0.25, 0.3) is 21.5 Å². The number of quaternary nitrogens is 2. The van der Waals surface area contributed by atoms with E-state index in [-0.39, 0.29) is 12.1 Å². The molecule has 6 rings (SSSR count). The van der Waals surface area contributed by atoms with Gasteiger partial charge in [-0.15, -0.1) is 0 Å². The quantitative estimate of drug-likeness (QED) is 0.206. The molecule has 0 bridgehead atoms. The Labute approximate surface area is 291 Å². The Hall–Kier alpha value is -5.20. The third-order valence-corrected chi connectivity index (χ3v) is 8.83. The predicted octanol–water partition coefficient (Wildman–Crippen LogP) is 0.997. The van der Waals surface area contributed by atoms with E-state index in [1.807, 2.05) is 83.4 Å². The van der Waals surface area contributed by atoms with E-state index in [0.717, 1.165) is 82.9 Å². The molecule has 4 atom stereocenters. The number of carbonyl (C=O) groups excluding carboxylic acids is 2. The van der Waals surface area contributed by atoms with E-state index in [0.29, 0.717) is 0 Å². The Kier molecular flexibility index (Phi) is 15.0. The van der Waals surface area contributed by atoms with Gasteiger partial charge in [-0.05, 0) is 70.8 Å². The minimum absolute atomic E-state index is 0.255. The Bertz CT molecular complexity index is 1630. The molecule has 2 fully saturated rings. The van der Waals surface area contributed by atoms with Gasteiger partial charge < -0.3 is 50.1 Å². The summed E-state index contributed by atoms with van der Waals surface area (Å²) in [5, 5.41) is 45.8. The Morgan fingerprint density at radius 1 is 0.620 bits per heavy atom. The monoisotopic (exact) mass is 690 g/mol.